The number of benzene rings is 1. The maximum absolute atomic E-state index is 13.0. The molecule has 25 heavy (non-hydrogen) atoms. The van der Waals surface area contributed by atoms with Crippen molar-refractivity contribution < 1.29 is 9.59 Å². The number of anilines is 1. The number of carbonyl (C=O) groups is 2. The molecule has 3 aliphatic heterocycles. The largest absolute Gasteiger partial charge is 0.342 e. The minimum atomic E-state index is -0.223. The van der Waals surface area contributed by atoms with Crippen molar-refractivity contribution >= 4 is 29.1 Å². The van der Waals surface area contributed by atoms with Crippen LogP contribution < -0.4 is 10.2 Å². The van der Waals surface area contributed by atoms with Gasteiger partial charge in [-0.1, -0.05) is 11.6 Å². The highest BCUT2D eigenvalue weighted by atomic mass is 35.5. The smallest absolute Gasteiger partial charge is 0.228 e. The molecule has 0 spiro atoms. The van der Waals surface area contributed by atoms with E-state index < -0.39 is 0 Å². The first-order chi connectivity index (χ1) is 12.1. The molecule has 1 N–H and O–H groups in total. The van der Waals surface area contributed by atoms with Crippen LogP contribution in [0, 0.1) is 17.8 Å². The van der Waals surface area contributed by atoms with Gasteiger partial charge in [0.1, 0.15) is 0 Å². The summed E-state index contributed by atoms with van der Waals surface area (Å²) in [5, 5.41) is 4.11. The molecule has 0 aromatic heterocycles. The van der Waals surface area contributed by atoms with E-state index in [1.54, 1.807) is 17.0 Å². The number of halogens is 1. The maximum Gasteiger partial charge on any atom is 0.228 e. The molecule has 6 heteroatoms. The van der Waals surface area contributed by atoms with Crippen LogP contribution in [0.3, 0.4) is 0 Å². The molecule has 1 unspecified atom stereocenters. The molecule has 3 fully saturated rings. The Hall–Kier alpha value is -1.59. The molecule has 134 valence electrons. The Labute approximate surface area is 153 Å². The van der Waals surface area contributed by atoms with Crippen molar-refractivity contribution in [3.63, 3.8) is 0 Å². The van der Waals surface area contributed by atoms with Crippen LogP contribution >= 0.6 is 11.6 Å². The number of nitrogens with one attached hydrogen (secondary N) is 1. The summed E-state index contributed by atoms with van der Waals surface area (Å²) < 4.78 is 0. The number of hydrogen-bond donors (Lipinski definition) is 1. The van der Waals surface area contributed by atoms with Crippen molar-refractivity contribution in [1.29, 1.82) is 0 Å². The molecule has 0 aliphatic carbocycles. The lowest BCUT2D eigenvalue weighted by Gasteiger charge is -2.24. The minimum absolute atomic E-state index is 0.0246. The third-order valence-electron chi connectivity index (χ3n) is 5.94. The van der Waals surface area contributed by atoms with Crippen molar-refractivity contribution in [2.24, 2.45) is 17.8 Å². The zero-order valence-corrected chi connectivity index (χ0v) is 15.0. The predicted octanol–water partition coefficient (Wildman–Crippen LogP) is 2.15. The van der Waals surface area contributed by atoms with E-state index >= 15 is 0 Å². The zero-order chi connectivity index (χ0) is 17.4. The van der Waals surface area contributed by atoms with Crippen molar-refractivity contribution in [1.82, 2.24) is 10.2 Å². The van der Waals surface area contributed by atoms with Gasteiger partial charge in [0.05, 0.1) is 5.92 Å². The van der Waals surface area contributed by atoms with Crippen molar-refractivity contribution in [2.45, 2.75) is 19.3 Å². The molecular formula is C19H24ClN3O2. The van der Waals surface area contributed by atoms with E-state index in [4.69, 9.17) is 11.6 Å². The fourth-order valence-corrected chi connectivity index (χ4v) is 4.57. The highest BCUT2D eigenvalue weighted by Crippen LogP contribution is 2.30. The van der Waals surface area contributed by atoms with Crippen LogP contribution in [0.2, 0.25) is 5.02 Å². The van der Waals surface area contributed by atoms with Gasteiger partial charge < -0.3 is 15.1 Å². The van der Waals surface area contributed by atoms with Crippen molar-refractivity contribution in [3.05, 3.63) is 29.3 Å². The molecule has 5 nitrogen and oxygen atoms in total. The van der Waals surface area contributed by atoms with Gasteiger partial charge >= 0.3 is 0 Å². The summed E-state index contributed by atoms with van der Waals surface area (Å²) in [6.45, 7) is 4.29. The van der Waals surface area contributed by atoms with Gasteiger partial charge in [-0.25, -0.2) is 0 Å². The third-order valence-corrected chi connectivity index (χ3v) is 6.20. The quantitative estimate of drug-likeness (QED) is 0.878. The third kappa shape index (κ3) is 3.40. The van der Waals surface area contributed by atoms with Gasteiger partial charge in [0, 0.05) is 36.8 Å². The monoisotopic (exact) mass is 361 g/mol. The number of fused-ring (bicyclic) bond motifs is 1. The van der Waals surface area contributed by atoms with E-state index in [1.165, 1.54) is 0 Å². The Morgan fingerprint density at radius 3 is 2.36 bits per heavy atom. The second kappa shape index (κ2) is 6.96. The summed E-state index contributed by atoms with van der Waals surface area (Å²) in [7, 11) is 0. The Bertz CT molecular complexity index is 649. The highest BCUT2D eigenvalue weighted by Gasteiger charge is 2.39. The number of nitrogens with zero attached hydrogens (tertiary/aromatic N) is 2. The topological polar surface area (TPSA) is 52.7 Å². The summed E-state index contributed by atoms with van der Waals surface area (Å²) in [6.07, 6.45) is 2.46. The molecule has 3 atom stereocenters. The van der Waals surface area contributed by atoms with Crippen LogP contribution in [-0.2, 0) is 9.59 Å². The van der Waals surface area contributed by atoms with Gasteiger partial charge in [-0.15, -0.1) is 0 Å². The van der Waals surface area contributed by atoms with Crippen LogP contribution in [-0.4, -0.2) is 49.4 Å². The normalized spacial score (nSPS) is 29.6. The number of rotatable bonds is 2. The van der Waals surface area contributed by atoms with Crippen LogP contribution in [0.4, 0.5) is 5.69 Å². The Kier molecular flexibility index (Phi) is 4.69. The van der Waals surface area contributed by atoms with Crippen molar-refractivity contribution in [2.75, 3.05) is 37.6 Å². The van der Waals surface area contributed by atoms with Crippen molar-refractivity contribution in [3.8, 4) is 0 Å². The van der Waals surface area contributed by atoms with Crippen LogP contribution in [0.15, 0.2) is 24.3 Å². The van der Waals surface area contributed by atoms with E-state index in [0.29, 0.717) is 29.8 Å². The number of hydrogen-bond acceptors (Lipinski definition) is 3. The maximum atomic E-state index is 13.0. The first kappa shape index (κ1) is 16.9. The molecule has 0 saturated carbocycles. The lowest BCUT2D eigenvalue weighted by Crippen LogP contribution is -2.38. The molecule has 2 amide bonds. The summed E-state index contributed by atoms with van der Waals surface area (Å²) in [5.74, 6) is 1.36. The molecule has 3 heterocycles. The van der Waals surface area contributed by atoms with Crippen LogP contribution in [0.25, 0.3) is 0 Å². The zero-order valence-electron chi connectivity index (χ0n) is 14.3. The second-order valence-electron chi connectivity index (χ2n) is 7.46. The summed E-state index contributed by atoms with van der Waals surface area (Å²) in [4.78, 5) is 29.1. The average Bonchev–Trinajstić information content (AvgIpc) is 3.17. The molecule has 1 aromatic carbocycles. The first-order valence-electron chi connectivity index (χ1n) is 9.17. The van der Waals surface area contributed by atoms with Gasteiger partial charge in [-0.05, 0) is 62.0 Å². The van der Waals surface area contributed by atoms with Gasteiger partial charge in [-0.3, -0.25) is 9.59 Å². The Morgan fingerprint density at radius 1 is 1.08 bits per heavy atom. The Balaban J connectivity index is 1.41. The predicted molar refractivity (Wildman–Crippen MR) is 97.6 cm³/mol. The number of likely N-dealkylation sites (tertiary alicyclic amines) is 1. The average molecular weight is 362 g/mol. The molecular weight excluding hydrogens is 338 g/mol. The molecule has 3 aliphatic rings. The number of carbonyl (C=O) groups excluding carboxylic acids is 2. The molecule has 4 rings (SSSR count). The van der Waals surface area contributed by atoms with E-state index in [-0.39, 0.29) is 17.7 Å². The minimum Gasteiger partial charge on any atom is -0.342 e. The fraction of sp³-hybridized carbons (Fsp3) is 0.579. The van der Waals surface area contributed by atoms with E-state index in [0.717, 1.165) is 44.7 Å². The lowest BCUT2D eigenvalue weighted by molar-refractivity contribution is -0.135. The number of amides is 2. The standard InChI is InChI=1S/C19H24ClN3O2/c20-16-1-3-17(4-2-16)23-12-15(9-18(23)24)19(25)22-7-5-13-10-21-11-14(13)6-8-22/h1-4,13-15,21H,5-12H2/t13-,14+,15?. The second-order valence-corrected chi connectivity index (χ2v) is 7.90. The molecule has 0 bridgehead atoms. The molecule has 3 saturated heterocycles. The van der Waals surface area contributed by atoms with E-state index in [2.05, 4.69) is 5.32 Å². The van der Waals surface area contributed by atoms with Gasteiger partial charge in [0.15, 0.2) is 0 Å². The summed E-state index contributed by atoms with van der Waals surface area (Å²) >= 11 is 5.92. The van der Waals surface area contributed by atoms with Gasteiger partial charge in [-0.2, -0.15) is 0 Å². The lowest BCUT2D eigenvalue weighted by atomic mass is 9.92. The summed E-state index contributed by atoms with van der Waals surface area (Å²) in [5.41, 5.74) is 0.821. The molecule has 1 aromatic rings. The summed E-state index contributed by atoms with van der Waals surface area (Å²) in [6, 6.07) is 7.24. The first-order valence-corrected chi connectivity index (χ1v) is 9.55. The van der Waals surface area contributed by atoms with E-state index in [9.17, 15) is 9.59 Å². The highest BCUT2D eigenvalue weighted by molar-refractivity contribution is 6.30. The van der Waals surface area contributed by atoms with Gasteiger partial charge in [0.25, 0.3) is 0 Å². The Morgan fingerprint density at radius 2 is 1.72 bits per heavy atom. The fourth-order valence-electron chi connectivity index (χ4n) is 4.44. The molecule has 0 radical (unpaired) electrons. The van der Waals surface area contributed by atoms with Gasteiger partial charge in [0.2, 0.25) is 11.8 Å². The van der Waals surface area contributed by atoms with E-state index in [1.807, 2.05) is 17.0 Å². The van der Waals surface area contributed by atoms with Crippen LogP contribution in [0.5, 0.6) is 0 Å². The van der Waals surface area contributed by atoms with Crippen LogP contribution in [0.1, 0.15) is 19.3 Å². The SMILES string of the molecule is O=C(C1CC(=O)N(c2ccc(Cl)cc2)C1)N1CC[C@@H]2CNC[C@@H]2CC1.